The summed E-state index contributed by atoms with van der Waals surface area (Å²) in [6.45, 7) is 0. The number of benzene rings is 1. The van der Waals surface area contributed by atoms with Crippen LogP contribution in [0.25, 0.3) is 0 Å². The summed E-state index contributed by atoms with van der Waals surface area (Å²) in [6, 6.07) is 3.03. The first-order chi connectivity index (χ1) is 5.43. The van der Waals surface area contributed by atoms with Gasteiger partial charge < -0.3 is 0 Å². The summed E-state index contributed by atoms with van der Waals surface area (Å²) < 4.78 is 46.8. The minimum absolute atomic E-state index is 0.609. The van der Waals surface area contributed by atoms with Crippen LogP contribution in [0.5, 0.6) is 0 Å². The summed E-state index contributed by atoms with van der Waals surface area (Å²) in [5.74, 6) is -2.47. The number of hydrogen-bond acceptors (Lipinski definition) is 2. The molecule has 0 aliphatic carbocycles. The molecule has 0 saturated carbocycles. The summed E-state index contributed by atoms with van der Waals surface area (Å²) in [4.78, 5) is -0.609. The molecule has 0 aromatic heterocycles. The molecule has 1 rings (SSSR count). The van der Waals surface area contributed by atoms with Gasteiger partial charge in [-0.05, 0) is 12.1 Å². The van der Waals surface area contributed by atoms with E-state index < -0.39 is 26.4 Å². The van der Waals surface area contributed by atoms with E-state index in [1.807, 2.05) is 0 Å². The third kappa shape index (κ3) is 1.61. The zero-order valence-electron chi connectivity index (χ0n) is 6.21. The lowest BCUT2D eigenvalue weighted by atomic mass is 10.3. The quantitative estimate of drug-likeness (QED) is 0.673. The Morgan fingerprint density at radius 1 is 1.25 bits per heavy atom. The van der Waals surface area contributed by atoms with Crippen LogP contribution >= 0.6 is 0 Å². The molecule has 0 fully saturated rings. The molecule has 0 N–H and O–H groups in total. The highest BCUT2D eigenvalue weighted by atomic mass is 32.2. The van der Waals surface area contributed by atoms with Crippen molar-refractivity contribution < 1.29 is 17.2 Å². The predicted molar refractivity (Wildman–Crippen MR) is 39.5 cm³/mol. The highest BCUT2D eigenvalue weighted by Gasteiger charge is 2.15. The van der Waals surface area contributed by atoms with E-state index in [-0.39, 0.29) is 0 Å². The second-order valence-corrected chi connectivity index (χ2v) is 4.31. The molecule has 0 aliphatic heterocycles. The van der Waals surface area contributed by atoms with Gasteiger partial charge in [-0.3, -0.25) is 0 Å². The summed E-state index contributed by atoms with van der Waals surface area (Å²) in [7, 11) is -3.67. The molecule has 0 heterocycles. The Kier molecular flexibility index (Phi) is 2.14. The van der Waals surface area contributed by atoms with Crippen LogP contribution in [0.1, 0.15) is 0 Å². The largest absolute Gasteiger partial charge is 0.224 e. The van der Waals surface area contributed by atoms with Crippen molar-refractivity contribution in [3.05, 3.63) is 29.8 Å². The van der Waals surface area contributed by atoms with Gasteiger partial charge in [0.1, 0.15) is 4.90 Å². The van der Waals surface area contributed by atoms with E-state index in [1.54, 1.807) is 0 Å². The van der Waals surface area contributed by atoms with Crippen LogP contribution in [0.3, 0.4) is 0 Å². The molecule has 0 saturated heterocycles. The van der Waals surface area contributed by atoms with Gasteiger partial charge in [0.15, 0.2) is 21.5 Å². The van der Waals surface area contributed by atoms with Crippen molar-refractivity contribution in [2.24, 2.45) is 0 Å². The fourth-order valence-electron chi connectivity index (χ4n) is 0.770. The minimum Gasteiger partial charge on any atom is -0.224 e. The number of hydrogen-bond donors (Lipinski definition) is 0. The van der Waals surface area contributed by atoms with Gasteiger partial charge in [0.25, 0.3) is 0 Å². The summed E-state index contributed by atoms with van der Waals surface area (Å²) >= 11 is 0. The number of rotatable bonds is 1. The van der Waals surface area contributed by atoms with Crippen LogP contribution in [0.15, 0.2) is 23.1 Å². The average molecular weight is 192 g/mol. The molecule has 1 aromatic carbocycles. The summed E-state index contributed by atoms with van der Waals surface area (Å²) in [6.07, 6.45) is 0.824. The van der Waals surface area contributed by atoms with Crippen LogP contribution in [0, 0.1) is 11.6 Å². The van der Waals surface area contributed by atoms with E-state index in [9.17, 15) is 17.2 Å². The normalized spacial score (nSPS) is 11.6. The van der Waals surface area contributed by atoms with Crippen LogP contribution in [0.2, 0.25) is 0 Å². The summed E-state index contributed by atoms with van der Waals surface area (Å²) in [5, 5.41) is 0. The van der Waals surface area contributed by atoms with Gasteiger partial charge in [-0.25, -0.2) is 17.2 Å². The van der Waals surface area contributed by atoms with Gasteiger partial charge in [0.2, 0.25) is 0 Å². The average Bonchev–Trinajstić information content (AvgIpc) is 1.92. The van der Waals surface area contributed by atoms with Crippen LogP contribution in [-0.4, -0.2) is 14.7 Å². The zero-order chi connectivity index (χ0) is 9.35. The van der Waals surface area contributed by atoms with Crippen LogP contribution < -0.4 is 0 Å². The van der Waals surface area contributed by atoms with Crippen molar-refractivity contribution in [2.45, 2.75) is 4.90 Å². The lowest BCUT2D eigenvalue weighted by Gasteiger charge is -1.99. The molecule has 2 nitrogen and oxygen atoms in total. The maximum absolute atomic E-state index is 12.7. The molecule has 5 heteroatoms. The fourth-order valence-corrected chi connectivity index (χ4v) is 1.52. The molecule has 66 valence electrons. The van der Waals surface area contributed by atoms with Gasteiger partial charge in [-0.1, -0.05) is 6.07 Å². The van der Waals surface area contributed by atoms with Crippen molar-refractivity contribution >= 4 is 9.84 Å². The van der Waals surface area contributed by atoms with Crippen LogP contribution in [0.4, 0.5) is 8.78 Å². The first-order valence-electron chi connectivity index (χ1n) is 3.07. The van der Waals surface area contributed by atoms with Crippen molar-refractivity contribution in [2.75, 3.05) is 6.26 Å². The Balaban J connectivity index is 3.47. The molecular formula is C7H6F2O2S. The topological polar surface area (TPSA) is 34.1 Å². The molecular weight excluding hydrogens is 186 g/mol. The highest BCUT2D eigenvalue weighted by molar-refractivity contribution is 7.90. The second kappa shape index (κ2) is 2.82. The van der Waals surface area contributed by atoms with Crippen LogP contribution in [-0.2, 0) is 9.84 Å². The van der Waals surface area contributed by atoms with Gasteiger partial charge in [0.05, 0.1) is 0 Å². The maximum atomic E-state index is 12.7. The van der Waals surface area contributed by atoms with Gasteiger partial charge >= 0.3 is 0 Å². The smallest absolute Gasteiger partial charge is 0.178 e. The molecule has 0 aliphatic rings. The predicted octanol–water partition coefficient (Wildman–Crippen LogP) is 1.37. The second-order valence-electron chi connectivity index (χ2n) is 2.32. The molecule has 0 spiro atoms. The molecule has 0 radical (unpaired) electrons. The van der Waals surface area contributed by atoms with E-state index in [1.165, 1.54) is 0 Å². The Labute approximate surface area is 68.8 Å². The van der Waals surface area contributed by atoms with Gasteiger partial charge in [-0.15, -0.1) is 0 Å². The van der Waals surface area contributed by atoms with E-state index in [0.717, 1.165) is 24.5 Å². The Morgan fingerprint density at radius 3 is 2.25 bits per heavy atom. The van der Waals surface area contributed by atoms with Crippen molar-refractivity contribution in [3.63, 3.8) is 0 Å². The summed E-state index contributed by atoms with van der Waals surface area (Å²) in [5.41, 5.74) is 0. The van der Waals surface area contributed by atoms with Gasteiger partial charge in [0, 0.05) is 6.26 Å². The molecule has 0 bridgehead atoms. The highest BCUT2D eigenvalue weighted by Crippen LogP contribution is 2.16. The minimum atomic E-state index is -3.67. The Bertz CT molecular complexity index is 398. The fraction of sp³-hybridized carbons (Fsp3) is 0.143. The SMILES string of the molecule is CS(=O)(=O)c1cccc(F)c1F. The molecule has 0 atom stereocenters. The maximum Gasteiger partial charge on any atom is 0.178 e. The lowest BCUT2D eigenvalue weighted by Crippen LogP contribution is -2.02. The van der Waals surface area contributed by atoms with E-state index >= 15 is 0 Å². The monoisotopic (exact) mass is 192 g/mol. The Morgan fingerprint density at radius 2 is 1.83 bits per heavy atom. The van der Waals surface area contributed by atoms with Crippen molar-refractivity contribution in [1.82, 2.24) is 0 Å². The third-order valence-electron chi connectivity index (χ3n) is 1.32. The van der Waals surface area contributed by atoms with Crippen molar-refractivity contribution in [3.8, 4) is 0 Å². The van der Waals surface area contributed by atoms with Gasteiger partial charge in [-0.2, -0.15) is 0 Å². The number of sulfone groups is 1. The van der Waals surface area contributed by atoms with E-state index in [2.05, 4.69) is 0 Å². The van der Waals surface area contributed by atoms with E-state index in [0.29, 0.717) is 0 Å². The third-order valence-corrected chi connectivity index (χ3v) is 2.43. The Hall–Kier alpha value is -0.970. The standard InChI is InChI=1S/C7H6F2O2S/c1-12(10,11)6-4-2-3-5(8)7(6)9/h2-4H,1H3. The van der Waals surface area contributed by atoms with Crippen molar-refractivity contribution in [1.29, 1.82) is 0 Å². The lowest BCUT2D eigenvalue weighted by molar-refractivity contribution is 0.485. The molecule has 1 aromatic rings. The number of halogens is 2. The molecule has 12 heavy (non-hydrogen) atoms. The van der Waals surface area contributed by atoms with E-state index in [4.69, 9.17) is 0 Å². The molecule has 0 unspecified atom stereocenters. The first kappa shape index (κ1) is 9.12. The first-order valence-corrected chi connectivity index (χ1v) is 4.96. The molecule has 0 amide bonds. The zero-order valence-corrected chi connectivity index (χ0v) is 7.03.